The van der Waals surface area contributed by atoms with E-state index in [0.29, 0.717) is 0 Å². The monoisotopic (exact) mass is 304 g/mol. The molecule has 0 aliphatic carbocycles. The third-order valence-electron chi connectivity index (χ3n) is 3.17. The second-order valence-corrected chi connectivity index (χ2v) is 5.16. The predicted molar refractivity (Wildman–Crippen MR) is 89.0 cm³/mol. The molecule has 1 heterocycles. The van der Waals surface area contributed by atoms with Crippen molar-refractivity contribution in [1.29, 1.82) is 0 Å². The first kappa shape index (κ1) is 15.4. The van der Waals surface area contributed by atoms with Crippen molar-refractivity contribution in [2.45, 2.75) is 13.0 Å². The molecule has 0 bridgehead atoms. The van der Waals surface area contributed by atoms with Gasteiger partial charge in [0.1, 0.15) is 0 Å². The molecular weight excluding hydrogens is 284 g/mol. The summed E-state index contributed by atoms with van der Waals surface area (Å²) in [5, 5.41) is 7.38. The SMILES string of the molecule is CN=C(NCCc1ccc(Cl)cc1)NCCn1cccc1. The third-order valence-corrected chi connectivity index (χ3v) is 3.42. The van der Waals surface area contributed by atoms with Crippen molar-refractivity contribution in [2.24, 2.45) is 4.99 Å². The average molecular weight is 305 g/mol. The molecule has 0 saturated carbocycles. The van der Waals surface area contributed by atoms with Gasteiger partial charge >= 0.3 is 0 Å². The molecule has 2 N–H and O–H groups in total. The smallest absolute Gasteiger partial charge is 0.191 e. The summed E-state index contributed by atoms with van der Waals surface area (Å²) in [5.41, 5.74) is 1.26. The molecule has 1 aromatic heterocycles. The number of aromatic nitrogens is 1. The van der Waals surface area contributed by atoms with Gasteiger partial charge in [-0.3, -0.25) is 4.99 Å². The Morgan fingerprint density at radius 3 is 2.43 bits per heavy atom. The fraction of sp³-hybridized carbons (Fsp3) is 0.312. The molecule has 4 nitrogen and oxygen atoms in total. The maximum Gasteiger partial charge on any atom is 0.191 e. The van der Waals surface area contributed by atoms with E-state index in [2.05, 4.69) is 32.6 Å². The van der Waals surface area contributed by atoms with Gasteiger partial charge in [0.15, 0.2) is 5.96 Å². The normalized spacial score (nSPS) is 11.4. The molecule has 21 heavy (non-hydrogen) atoms. The van der Waals surface area contributed by atoms with Crippen LogP contribution in [0, 0.1) is 0 Å². The van der Waals surface area contributed by atoms with E-state index in [4.69, 9.17) is 11.6 Å². The zero-order valence-electron chi connectivity index (χ0n) is 12.2. The van der Waals surface area contributed by atoms with Crippen LogP contribution in [0.2, 0.25) is 5.02 Å². The third kappa shape index (κ3) is 5.52. The number of rotatable bonds is 6. The van der Waals surface area contributed by atoms with Crippen molar-refractivity contribution >= 4 is 17.6 Å². The predicted octanol–water partition coefficient (Wildman–Crippen LogP) is 2.55. The number of nitrogens with zero attached hydrogens (tertiary/aromatic N) is 2. The largest absolute Gasteiger partial charge is 0.356 e. The Kier molecular flexibility index (Phi) is 6.16. The zero-order valence-corrected chi connectivity index (χ0v) is 13.0. The lowest BCUT2D eigenvalue weighted by Crippen LogP contribution is -2.39. The molecule has 0 atom stereocenters. The van der Waals surface area contributed by atoms with Crippen LogP contribution in [-0.4, -0.2) is 30.7 Å². The number of aliphatic imine (C=N–C) groups is 1. The maximum atomic E-state index is 5.87. The standard InChI is InChI=1S/C16H21ClN4/c1-18-16(20-10-13-21-11-2-3-12-21)19-9-8-14-4-6-15(17)7-5-14/h2-7,11-12H,8-10,13H2,1H3,(H2,18,19,20). The first-order valence-electron chi connectivity index (χ1n) is 7.07. The van der Waals surface area contributed by atoms with Crippen molar-refractivity contribution in [3.05, 3.63) is 59.4 Å². The number of hydrogen-bond acceptors (Lipinski definition) is 1. The molecule has 0 aliphatic rings. The Hall–Kier alpha value is -1.94. The van der Waals surface area contributed by atoms with Crippen LogP contribution in [0.1, 0.15) is 5.56 Å². The van der Waals surface area contributed by atoms with E-state index < -0.39 is 0 Å². The molecule has 0 unspecified atom stereocenters. The summed E-state index contributed by atoms with van der Waals surface area (Å²) >= 11 is 5.87. The van der Waals surface area contributed by atoms with E-state index >= 15 is 0 Å². The van der Waals surface area contributed by atoms with E-state index in [9.17, 15) is 0 Å². The summed E-state index contributed by atoms with van der Waals surface area (Å²) in [7, 11) is 1.79. The quantitative estimate of drug-likeness (QED) is 0.636. The summed E-state index contributed by atoms with van der Waals surface area (Å²) < 4.78 is 2.13. The number of nitrogens with one attached hydrogen (secondary N) is 2. The molecular formula is C16H21ClN4. The van der Waals surface area contributed by atoms with Gasteiger partial charge in [-0.2, -0.15) is 0 Å². The summed E-state index contributed by atoms with van der Waals surface area (Å²) in [4.78, 5) is 4.22. The van der Waals surface area contributed by atoms with Crippen LogP contribution >= 0.6 is 11.6 Å². The number of benzene rings is 1. The van der Waals surface area contributed by atoms with Crippen molar-refractivity contribution in [3.8, 4) is 0 Å². The van der Waals surface area contributed by atoms with Crippen LogP contribution in [0.3, 0.4) is 0 Å². The molecule has 2 aromatic rings. The van der Waals surface area contributed by atoms with Crippen LogP contribution in [-0.2, 0) is 13.0 Å². The van der Waals surface area contributed by atoms with E-state index in [1.807, 2.05) is 36.4 Å². The van der Waals surface area contributed by atoms with Crippen LogP contribution in [0.4, 0.5) is 0 Å². The molecule has 0 spiro atoms. The van der Waals surface area contributed by atoms with Gasteiger partial charge in [0.25, 0.3) is 0 Å². The van der Waals surface area contributed by atoms with Gasteiger partial charge in [-0.05, 0) is 36.2 Å². The molecule has 2 rings (SSSR count). The number of halogens is 1. The Labute approximate surface area is 130 Å². The van der Waals surface area contributed by atoms with Crippen molar-refractivity contribution in [2.75, 3.05) is 20.1 Å². The van der Waals surface area contributed by atoms with Crippen molar-refractivity contribution in [3.63, 3.8) is 0 Å². The maximum absolute atomic E-state index is 5.87. The summed E-state index contributed by atoms with van der Waals surface area (Å²) in [6.45, 7) is 2.60. The van der Waals surface area contributed by atoms with Crippen LogP contribution in [0.15, 0.2) is 53.8 Å². The molecule has 0 radical (unpaired) electrons. The second-order valence-electron chi connectivity index (χ2n) is 4.72. The highest BCUT2D eigenvalue weighted by atomic mass is 35.5. The summed E-state index contributed by atoms with van der Waals surface area (Å²) in [6, 6.07) is 12.0. The van der Waals surface area contributed by atoms with E-state index in [1.54, 1.807) is 7.05 Å². The highest BCUT2D eigenvalue weighted by molar-refractivity contribution is 6.30. The van der Waals surface area contributed by atoms with E-state index in [1.165, 1.54) is 5.56 Å². The minimum atomic E-state index is 0.772. The molecule has 112 valence electrons. The van der Waals surface area contributed by atoms with Crippen LogP contribution in [0.25, 0.3) is 0 Å². The number of guanidine groups is 1. The Balaban J connectivity index is 1.66. The van der Waals surface area contributed by atoms with Crippen molar-refractivity contribution in [1.82, 2.24) is 15.2 Å². The average Bonchev–Trinajstić information content (AvgIpc) is 3.01. The first-order chi connectivity index (χ1) is 10.3. The Bertz CT molecular complexity index is 546. The molecule has 0 fully saturated rings. The first-order valence-corrected chi connectivity index (χ1v) is 7.45. The Morgan fingerprint density at radius 2 is 1.76 bits per heavy atom. The van der Waals surface area contributed by atoms with Gasteiger partial charge in [-0.1, -0.05) is 23.7 Å². The Morgan fingerprint density at radius 1 is 1.10 bits per heavy atom. The van der Waals surface area contributed by atoms with Crippen LogP contribution < -0.4 is 10.6 Å². The van der Waals surface area contributed by atoms with Gasteiger partial charge in [-0.25, -0.2) is 0 Å². The van der Waals surface area contributed by atoms with Crippen molar-refractivity contribution < 1.29 is 0 Å². The van der Waals surface area contributed by atoms with E-state index in [0.717, 1.165) is 37.0 Å². The number of hydrogen-bond donors (Lipinski definition) is 2. The van der Waals surface area contributed by atoms with Gasteiger partial charge in [0.2, 0.25) is 0 Å². The zero-order chi connectivity index (χ0) is 14.9. The molecule has 0 amide bonds. The molecule has 5 heteroatoms. The fourth-order valence-electron chi connectivity index (χ4n) is 2.02. The van der Waals surface area contributed by atoms with Gasteiger partial charge < -0.3 is 15.2 Å². The lowest BCUT2D eigenvalue weighted by atomic mass is 10.1. The fourth-order valence-corrected chi connectivity index (χ4v) is 2.15. The van der Waals surface area contributed by atoms with Gasteiger partial charge in [0, 0.05) is 44.1 Å². The lowest BCUT2D eigenvalue weighted by Gasteiger charge is -2.12. The second kappa shape index (κ2) is 8.37. The summed E-state index contributed by atoms with van der Waals surface area (Å²) in [5.74, 6) is 0.830. The minimum Gasteiger partial charge on any atom is -0.356 e. The molecule has 0 saturated heterocycles. The minimum absolute atomic E-state index is 0.772. The topological polar surface area (TPSA) is 41.4 Å². The van der Waals surface area contributed by atoms with Crippen LogP contribution in [0.5, 0.6) is 0 Å². The highest BCUT2D eigenvalue weighted by Gasteiger charge is 1.98. The highest BCUT2D eigenvalue weighted by Crippen LogP contribution is 2.09. The van der Waals surface area contributed by atoms with E-state index in [-0.39, 0.29) is 0 Å². The summed E-state index contributed by atoms with van der Waals surface area (Å²) in [6.07, 6.45) is 5.05. The molecule has 0 aliphatic heterocycles. The van der Waals surface area contributed by atoms with Gasteiger partial charge in [-0.15, -0.1) is 0 Å². The lowest BCUT2D eigenvalue weighted by molar-refractivity contribution is 0.665. The molecule has 1 aromatic carbocycles. The van der Waals surface area contributed by atoms with Gasteiger partial charge in [0.05, 0.1) is 0 Å².